The van der Waals surface area contributed by atoms with Crippen LogP contribution in [0.5, 0.6) is 0 Å². The molecule has 3 rings (SSSR count). The molecule has 48 heavy (non-hydrogen) atoms. The minimum absolute atomic E-state index is 0.101. The SMILES string of the molecule is C=CCNC(=O)C(=O)C(CC(F)(F)F)NC(=O)[C@@H]1[C@@H]2[C@H](CN1C(=O)[C@@H](NC(=O)N[C@H](CN1CCOC1=O)C(C)(C)C)C(C)(C)C)C2(C)C. The number of fused-ring (bicyclic) bond motifs is 1. The van der Waals surface area contributed by atoms with Crippen LogP contribution in [0.3, 0.4) is 0 Å². The first-order valence-electron chi connectivity index (χ1n) is 16.0. The van der Waals surface area contributed by atoms with E-state index in [1.807, 2.05) is 34.6 Å². The Labute approximate surface area is 279 Å². The number of ketones is 1. The topological polar surface area (TPSA) is 166 Å². The molecular formula is C32H49F3N6O7. The van der Waals surface area contributed by atoms with Gasteiger partial charge in [0.15, 0.2) is 0 Å². The lowest BCUT2D eigenvalue weighted by Gasteiger charge is -2.39. The van der Waals surface area contributed by atoms with Crippen LogP contribution < -0.4 is 21.3 Å². The van der Waals surface area contributed by atoms with Crippen LogP contribution in [-0.2, 0) is 23.9 Å². The monoisotopic (exact) mass is 686 g/mol. The highest BCUT2D eigenvalue weighted by Gasteiger charge is 2.70. The number of likely N-dealkylation sites (tertiary alicyclic amines) is 1. The van der Waals surface area contributed by atoms with Gasteiger partial charge in [-0.15, -0.1) is 6.58 Å². The molecule has 16 heteroatoms. The lowest BCUT2D eigenvalue weighted by atomic mass is 9.85. The predicted octanol–water partition coefficient (Wildman–Crippen LogP) is 2.36. The summed E-state index contributed by atoms with van der Waals surface area (Å²) in [5.41, 5.74) is -1.81. The van der Waals surface area contributed by atoms with Crippen molar-refractivity contribution in [2.75, 3.05) is 32.8 Å². The number of alkyl halides is 3. The van der Waals surface area contributed by atoms with E-state index in [1.54, 1.807) is 20.8 Å². The van der Waals surface area contributed by atoms with E-state index in [4.69, 9.17) is 4.74 Å². The summed E-state index contributed by atoms with van der Waals surface area (Å²) in [6.07, 6.45) is -5.93. The number of piperidine rings is 1. The number of rotatable bonds is 12. The van der Waals surface area contributed by atoms with Crippen molar-refractivity contribution in [3.63, 3.8) is 0 Å². The van der Waals surface area contributed by atoms with Crippen LogP contribution >= 0.6 is 0 Å². The Hall–Kier alpha value is -3.85. The number of halogens is 3. The number of carbonyl (C=O) groups is 6. The first-order chi connectivity index (χ1) is 21.9. The smallest absolute Gasteiger partial charge is 0.410 e. The molecule has 3 fully saturated rings. The Kier molecular flexibility index (Phi) is 11.2. The second-order valence-corrected chi connectivity index (χ2v) is 15.5. The number of hydrogen-bond donors (Lipinski definition) is 4. The standard InChI is InChI=1S/C32H49F3N6O7/c1-10-11-36-25(44)22(42)18(14-32(33,34)35)37-24(43)21-20-17(31(20,8)9)15-41(21)26(45)23(30(5,6)7)39-27(46)38-19(29(2,3)4)16-40-12-13-48-28(40)47/h10,17-21,23H,1,11-16H2,2-9H3,(H,36,44)(H,37,43)(H2,38,39,46)/t17-,18?,19+,20-,21-,23+/m0/s1. The van der Waals surface area contributed by atoms with Crippen LogP contribution in [0.2, 0.25) is 0 Å². The van der Waals surface area contributed by atoms with Gasteiger partial charge in [-0.3, -0.25) is 19.2 Å². The Morgan fingerprint density at radius 1 is 1.02 bits per heavy atom. The molecule has 270 valence electrons. The third-order valence-corrected chi connectivity index (χ3v) is 9.45. The Morgan fingerprint density at radius 3 is 2.15 bits per heavy atom. The zero-order valence-electron chi connectivity index (χ0n) is 28.9. The highest BCUT2D eigenvalue weighted by atomic mass is 19.4. The second-order valence-electron chi connectivity index (χ2n) is 15.5. The number of Topliss-reactive ketones (excluding diaryl/α,β-unsaturated/α-hetero) is 1. The van der Waals surface area contributed by atoms with Crippen molar-refractivity contribution in [2.24, 2.45) is 28.1 Å². The summed E-state index contributed by atoms with van der Waals surface area (Å²) >= 11 is 0. The molecule has 0 spiro atoms. The fraction of sp³-hybridized carbons (Fsp3) is 0.750. The maximum absolute atomic E-state index is 14.2. The molecule has 1 saturated carbocycles. The molecular weight excluding hydrogens is 637 g/mol. The number of urea groups is 1. The number of cyclic esters (lactones) is 1. The Morgan fingerprint density at radius 2 is 1.65 bits per heavy atom. The van der Waals surface area contributed by atoms with Crippen molar-refractivity contribution in [3.8, 4) is 0 Å². The van der Waals surface area contributed by atoms with Gasteiger partial charge in [0.25, 0.3) is 5.91 Å². The van der Waals surface area contributed by atoms with Crippen molar-refractivity contribution >= 4 is 35.6 Å². The molecule has 13 nitrogen and oxygen atoms in total. The summed E-state index contributed by atoms with van der Waals surface area (Å²) in [5, 5.41) is 9.85. The summed E-state index contributed by atoms with van der Waals surface area (Å²) in [7, 11) is 0. The summed E-state index contributed by atoms with van der Waals surface area (Å²) in [5.74, 6) is -5.01. The number of ether oxygens (including phenoxy) is 1. The average Bonchev–Trinajstić information content (AvgIpc) is 3.29. The highest BCUT2D eigenvalue weighted by Crippen LogP contribution is 2.65. The molecule has 0 aromatic rings. The van der Waals surface area contributed by atoms with Gasteiger partial charge in [-0.2, -0.15) is 13.2 Å². The van der Waals surface area contributed by atoms with Crippen LogP contribution in [0.1, 0.15) is 61.8 Å². The van der Waals surface area contributed by atoms with Crippen molar-refractivity contribution in [1.82, 2.24) is 31.1 Å². The van der Waals surface area contributed by atoms with Crippen LogP contribution in [0, 0.1) is 28.1 Å². The van der Waals surface area contributed by atoms with Gasteiger partial charge < -0.3 is 35.8 Å². The van der Waals surface area contributed by atoms with Gasteiger partial charge in [0.05, 0.1) is 19.0 Å². The third kappa shape index (κ3) is 8.98. The number of hydrogen-bond acceptors (Lipinski definition) is 7. The van der Waals surface area contributed by atoms with Gasteiger partial charge in [0, 0.05) is 19.6 Å². The van der Waals surface area contributed by atoms with E-state index in [1.165, 1.54) is 15.9 Å². The van der Waals surface area contributed by atoms with Gasteiger partial charge in [-0.05, 0) is 28.1 Å². The van der Waals surface area contributed by atoms with E-state index < -0.39 is 94.6 Å². The van der Waals surface area contributed by atoms with Gasteiger partial charge in [-0.1, -0.05) is 61.5 Å². The number of nitrogens with zero attached hydrogens (tertiary/aromatic N) is 2. The third-order valence-electron chi connectivity index (χ3n) is 9.45. The largest absolute Gasteiger partial charge is 0.448 e. The fourth-order valence-corrected chi connectivity index (χ4v) is 6.41. The van der Waals surface area contributed by atoms with Crippen molar-refractivity contribution in [3.05, 3.63) is 12.7 Å². The van der Waals surface area contributed by atoms with Crippen molar-refractivity contribution < 1.29 is 46.7 Å². The molecule has 2 heterocycles. The maximum atomic E-state index is 14.2. The first-order valence-corrected chi connectivity index (χ1v) is 16.0. The molecule has 3 aliphatic rings. The minimum Gasteiger partial charge on any atom is -0.448 e. The van der Waals surface area contributed by atoms with E-state index >= 15 is 0 Å². The van der Waals surface area contributed by atoms with Gasteiger partial charge in [0.2, 0.25) is 17.6 Å². The summed E-state index contributed by atoms with van der Waals surface area (Å²) < 4.78 is 45.5. The van der Waals surface area contributed by atoms with Gasteiger partial charge in [0.1, 0.15) is 24.7 Å². The summed E-state index contributed by atoms with van der Waals surface area (Å²) in [6.45, 7) is 18.6. The zero-order chi connectivity index (χ0) is 36.6. The quantitative estimate of drug-likeness (QED) is 0.181. The molecule has 0 aromatic heterocycles. The zero-order valence-corrected chi connectivity index (χ0v) is 28.9. The summed E-state index contributed by atoms with van der Waals surface area (Å²) in [6, 6.07) is -5.88. The van der Waals surface area contributed by atoms with Crippen molar-refractivity contribution in [2.45, 2.75) is 92.2 Å². The molecule has 2 aliphatic heterocycles. The Balaban J connectivity index is 1.84. The highest BCUT2D eigenvalue weighted by molar-refractivity contribution is 6.38. The lowest BCUT2D eigenvalue weighted by Crippen LogP contribution is -2.63. The van der Waals surface area contributed by atoms with Crippen LogP contribution in [0.25, 0.3) is 0 Å². The van der Waals surface area contributed by atoms with Crippen LogP contribution in [-0.4, -0.2) is 109 Å². The minimum atomic E-state index is -4.90. The van der Waals surface area contributed by atoms with E-state index in [-0.39, 0.29) is 32.2 Å². The first kappa shape index (κ1) is 38.6. The molecule has 0 bridgehead atoms. The van der Waals surface area contributed by atoms with E-state index in [0.29, 0.717) is 6.54 Å². The molecule has 0 radical (unpaired) electrons. The second kappa shape index (κ2) is 13.9. The van der Waals surface area contributed by atoms with Crippen LogP contribution in [0.4, 0.5) is 22.8 Å². The maximum Gasteiger partial charge on any atom is 0.410 e. The molecule has 6 atom stereocenters. The molecule has 0 aromatic carbocycles. The molecule has 4 N–H and O–H groups in total. The van der Waals surface area contributed by atoms with Crippen molar-refractivity contribution in [1.29, 1.82) is 0 Å². The lowest BCUT2D eigenvalue weighted by molar-refractivity contribution is -0.155. The fourth-order valence-electron chi connectivity index (χ4n) is 6.41. The van der Waals surface area contributed by atoms with E-state index in [0.717, 1.165) is 0 Å². The van der Waals surface area contributed by atoms with Gasteiger partial charge >= 0.3 is 18.3 Å². The average molecular weight is 687 g/mol. The van der Waals surface area contributed by atoms with E-state index in [9.17, 15) is 41.9 Å². The van der Waals surface area contributed by atoms with Crippen LogP contribution in [0.15, 0.2) is 12.7 Å². The van der Waals surface area contributed by atoms with E-state index in [2.05, 4.69) is 27.8 Å². The number of nitrogens with one attached hydrogen (secondary N) is 4. The van der Waals surface area contributed by atoms with Gasteiger partial charge in [-0.25, -0.2) is 9.59 Å². The molecule has 1 unspecified atom stereocenters. The number of amides is 6. The number of carbonyl (C=O) groups excluding carboxylic acids is 6. The normalized spacial score (nSPS) is 23.6. The predicted molar refractivity (Wildman–Crippen MR) is 168 cm³/mol. The molecule has 2 saturated heterocycles. The molecule has 1 aliphatic carbocycles. The summed E-state index contributed by atoms with van der Waals surface area (Å²) in [4.78, 5) is 81.2. The molecule has 6 amide bonds. The Bertz CT molecular complexity index is 1310.